The van der Waals surface area contributed by atoms with Gasteiger partial charge in [0.2, 0.25) is 5.91 Å². The van der Waals surface area contributed by atoms with Gasteiger partial charge in [0.05, 0.1) is 22.8 Å². The first kappa shape index (κ1) is 17.8. The fourth-order valence-electron chi connectivity index (χ4n) is 2.81. The fourth-order valence-corrected chi connectivity index (χ4v) is 3.30. The van der Waals surface area contributed by atoms with Gasteiger partial charge in [-0.05, 0) is 44.9 Å². The Bertz CT molecular complexity index is 872. The Morgan fingerprint density at radius 3 is 2.56 bits per heavy atom. The van der Waals surface area contributed by atoms with Crippen LogP contribution in [0.3, 0.4) is 0 Å². The molecular weight excluding hydrogens is 365 g/mol. The van der Waals surface area contributed by atoms with Crippen LogP contribution in [0.4, 0.5) is 0 Å². The molecule has 1 aromatic heterocycles. The molecule has 1 aliphatic rings. The molecule has 1 heterocycles. The van der Waals surface area contributed by atoms with Crippen LogP contribution in [0, 0.1) is 13.8 Å². The maximum absolute atomic E-state index is 12.3. The lowest BCUT2D eigenvalue weighted by Crippen LogP contribution is -2.43. The van der Waals surface area contributed by atoms with Crippen molar-refractivity contribution >= 4 is 35.1 Å². The van der Waals surface area contributed by atoms with Crippen LogP contribution in [-0.2, 0) is 16.0 Å². The van der Waals surface area contributed by atoms with Gasteiger partial charge in [-0.15, -0.1) is 0 Å². The van der Waals surface area contributed by atoms with Crippen LogP contribution in [0.5, 0.6) is 0 Å². The number of rotatable bonds is 5. The largest absolute Gasteiger partial charge is 0.480 e. The van der Waals surface area contributed by atoms with Gasteiger partial charge in [-0.25, -0.2) is 9.48 Å². The van der Waals surface area contributed by atoms with E-state index in [1.165, 1.54) is 0 Å². The van der Waals surface area contributed by atoms with Gasteiger partial charge < -0.3 is 10.4 Å². The highest BCUT2D eigenvalue weighted by atomic mass is 35.5. The van der Waals surface area contributed by atoms with Crippen LogP contribution in [0.15, 0.2) is 18.2 Å². The number of carboxylic acids is 1. The number of hydrogen-bond donors (Lipinski definition) is 2. The number of hydrogen-bond acceptors (Lipinski definition) is 3. The summed E-state index contributed by atoms with van der Waals surface area (Å²) < 4.78 is 1.67. The van der Waals surface area contributed by atoms with Crippen molar-refractivity contribution in [2.75, 3.05) is 0 Å². The zero-order chi connectivity index (χ0) is 18.4. The van der Waals surface area contributed by atoms with Crippen molar-refractivity contribution in [3.8, 4) is 5.69 Å². The van der Waals surface area contributed by atoms with Gasteiger partial charge in [-0.1, -0.05) is 23.2 Å². The predicted molar refractivity (Wildman–Crippen MR) is 94.5 cm³/mol. The van der Waals surface area contributed by atoms with Crippen molar-refractivity contribution in [2.24, 2.45) is 0 Å². The van der Waals surface area contributed by atoms with Crippen LogP contribution in [0.1, 0.15) is 29.8 Å². The highest BCUT2D eigenvalue weighted by Crippen LogP contribution is 2.35. The molecule has 1 aromatic carbocycles. The summed E-state index contributed by atoms with van der Waals surface area (Å²) in [6.45, 7) is 3.65. The molecule has 1 aliphatic carbocycles. The molecule has 0 bridgehead atoms. The first-order chi connectivity index (χ1) is 11.7. The number of amides is 1. The Morgan fingerprint density at radius 1 is 1.32 bits per heavy atom. The van der Waals surface area contributed by atoms with Crippen LogP contribution >= 0.6 is 23.2 Å². The SMILES string of the molecule is Cc1nn(-c2ccc(Cl)cc2Cl)c(C)c1CC(=O)NC1(C(=O)O)CC1. The second-order valence-corrected chi connectivity index (χ2v) is 7.11. The number of aliphatic carboxylic acids is 1. The maximum Gasteiger partial charge on any atom is 0.329 e. The molecule has 0 saturated heterocycles. The Morgan fingerprint density at radius 2 is 2.00 bits per heavy atom. The number of carbonyl (C=O) groups is 2. The first-order valence-corrected chi connectivity index (χ1v) is 8.54. The fraction of sp³-hybridized carbons (Fsp3) is 0.353. The minimum atomic E-state index is -1.09. The number of carboxylic acid groups (broad SMARTS) is 1. The molecule has 1 saturated carbocycles. The molecule has 0 aliphatic heterocycles. The third-order valence-electron chi connectivity index (χ3n) is 4.45. The van der Waals surface area contributed by atoms with E-state index in [2.05, 4.69) is 10.4 Å². The molecule has 1 fully saturated rings. The number of carbonyl (C=O) groups excluding carboxylic acids is 1. The van der Waals surface area contributed by atoms with Gasteiger partial charge in [-0.3, -0.25) is 4.79 Å². The van der Waals surface area contributed by atoms with Crippen molar-refractivity contribution in [3.05, 3.63) is 45.2 Å². The average molecular weight is 382 g/mol. The molecule has 25 heavy (non-hydrogen) atoms. The summed E-state index contributed by atoms with van der Waals surface area (Å²) in [5.74, 6) is -1.31. The van der Waals surface area contributed by atoms with E-state index in [4.69, 9.17) is 23.2 Å². The molecule has 3 rings (SSSR count). The molecule has 0 unspecified atom stereocenters. The van der Waals surface area contributed by atoms with Crippen LogP contribution in [0.25, 0.3) is 5.69 Å². The second kappa shape index (κ2) is 6.35. The zero-order valence-electron chi connectivity index (χ0n) is 13.8. The molecule has 2 aromatic rings. The quantitative estimate of drug-likeness (QED) is 0.833. The van der Waals surface area contributed by atoms with Gasteiger partial charge in [-0.2, -0.15) is 5.10 Å². The maximum atomic E-state index is 12.3. The molecule has 0 radical (unpaired) electrons. The Labute approximate surface area is 154 Å². The third-order valence-corrected chi connectivity index (χ3v) is 4.99. The van der Waals surface area contributed by atoms with E-state index in [0.29, 0.717) is 34.3 Å². The standard InChI is InChI=1S/C17H17Cl2N3O3/c1-9-12(8-15(23)20-17(5-6-17)16(24)25)10(2)22(21-9)14-4-3-11(18)7-13(14)19/h3-4,7H,5-6,8H2,1-2H3,(H,20,23)(H,24,25). The van der Waals surface area contributed by atoms with Crippen LogP contribution < -0.4 is 5.32 Å². The zero-order valence-corrected chi connectivity index (χ0v) is 15.3. The molecule has 8 heteroatoms. The third kappa shape index (κ3) is 3.37. The summed E-state index contributed by atoms with van der Waals surface area (Å²) in [7, 11) is 0. The lowest BCUT2D eigenvalue weighted by atomic mass is 10.1. The summed E-state index contributed by atoms with van der Waals surface area (Å²) in [6, 6.07) is 5.11. The van der Waals surface area contributed by atoms with E-state index < -0.39 is 11.5 Å². The topological polar surface area (TPSA) is 84.2 Å². The predicted octanol–water partition coefficient (Wildman–Crippen LogP) is 3.07. The lowest BCUT2D eigenvalue weighted by molar-refractivity contribution is -0.143. The van der Waals surface area contributed by atoms with E-state index in [1.807, 2.05) is 6.92 Å². The molecule has 1 amide bonds. The minimum Gasteiger partial charge on any atom is -0.480 e. The highest BCUT2D eigenvalue weighted by molar-refractivity contribution is 6.35. The lowest BCUT2D eigenvalue weighted by Gasteiger charge is -2.12. The molecule has 2 N–H and O–H groups in total. The molecular formula is C17H17Cl2N3O3. The number of aromatic nitrogens is 2. The van der Waals surface area contributed by atoms with E-state index in [-0.39, 0.29) is 12.3 Å². The number of halogens is 2. The summed E-state index contributed by atoms with van der Waals surface area (Å²) >= 11 is 12.2. The molecule has 6 nitrogen and oxygen atoms in total. The molecule has 132 valence electrons. The second-order valence-electron chi connectivity index (χ2n) is 6.27. The molecule has 0 spiro atoms. The van der Waals surface area contributed by atoms with Crippen LogP contribution in [-0.4, -0.2) is 32.3 Å². The van der Waals surface area contributed by atoms with E-state index in [1.54, 1.807) is 29.8 Å². The summed E-state index contributed by atoms with van der Waals surface area (Å²) in [5, 5.41) is 17.2. The Balaban J connectivity index is 1.85. The van der Waals surface area contributed by atoms with Crippen molar-refractivity contribution in [1.29, 1.82) is 0 Å². The van der Waals surface area contributed by atoms with Crippen LogP contribution in [0.2, 0.25) is 10.0 Å². The monoisotopic (exact) mass is 381 g/mol. The highest BCUT2D eigenvalue weighted by Gasteiger charge is 2.51. The number of aryl methyl sites for hydroxylation is 1. The van der Waals surface area contributed by atoms with E-state index in [0.717, 1.165) is 11.3 Å². The Hall–Kier alpha value is -2.05. The van der Waals surface area contributed by atoms with Crippen molar-refractivity contribution in [1.82, 2.24) is 15.1 Å². The van der Waals surface area contributed by atoms with Crippen molar-refractivity contribution in [3.63, 3.8) is 0 Å². The van der Waals surface area contributed by atoms with Gasteiger partial charge in [0, 0.05) is 16.3 Å². The minimum absolute atomic E-state index is 0.0674. The summed E-state index contributed by atoms with van der Waals surface area (Å²) in [5.41, 5.74) is 1.80. The van der Waals surface area contributed by atoms with Gasteiger partial charge in [0.1, 0.15) is 5.54 Å². The van der Waals surface area contributed by atoms with Gasteiger partial charge >= 0.3 is 5.97 Å². The van der Waals surface area contributed by atoms with E-state index in [9.17, 15) is 14.7 Å². The molecule has 0 atom stereocenters. The summed E-state index contributed by atoms with van der Waals surface area (Å²) in [4.78, 5) is 23.5. The Kier molecular flexibility index (Phi) is 4.51. The number of nitrogens with one attached hydrogen (secondary N) is 1. The number of nitrogens with zero attached hydrogens (tertiary/aromatic N) is 2. The average Bonchev–Trinajstić information content (AvgIpc) is 3.25. The van der Waals surface area contributed by atoms with Crippen molar-refractivity contribution in [2.45, 2.75) is 38.6 Å². The van der Waals surface area contributed by atoms with Gasteiger partial charge in [0.25, 0.3) is 0 Å². The normalized spacial score (nSPS) is 15.0. The van der Waals surface area contributed by atoms with Crippen molar-refractivity contribution < 1.29 is 14.7 Å². The smallest absolute Gasteiger partial charge is 0.329 e. The van der Waals surface area contributed by atoms with Gasteiger partial charge in [0.15, 0.2) is 0 Å². The van der Waals surface area contributed by atoms with E-state index >= 15 is 0 Å². The summed E-state index contributed by atoms with van der Waals surface area (Å²) in [6.07, 6.45) is 0.995. The first-order valence-electron chi connectivity index (χ1n) is 7.78. The number of benzene rings is 1.